The van der Waals surface area contributed by atoms with Gasteiger partial charge < -0.3 is 5.32 Å². The summed E-state index contributed by atoms with van der Waals surface area (Å²) in [6.45, 7) is 2.45. The van der Waals surface area contributed by atoms with E-state index in [1.807, 2.05) is 18.4 Å². The second-order valence-electron chi connectivity index (χ2n) is 5.06. The number of thioether (sulfide) groups is 1. The molecule has 0 aliphatic rings. The molecule has 0 aromatic carbocycles. The molecule has 1 N–H and O–H groups in total. The zero-order valence-corrected chi connectivity index (χ0v) is 15.8. The van der Waals surface area contributed by atoms with E-state index >= 15 is 0 Å². The predicted octanol–water partition coefficient (Wildman–Crippen LogP) is 3.94. The maximum Gasteiger partial charge on any atom is 0.233 e. The highest BCUT2D eigenvalue weighted by Crippen LogP contribution is 2.27. The molecule has 0 aliphatic carbocycles. The van der Waals surface area contributed by atoms with E-state index in [2.05, 4.69) is 21.6 Å². The number of nitrogens with one attached hydrogen (secondary N) is 1. The third kappa shape index (κ3) is 4.03. The molecule has 1 atom stereocenters. The minimum Gasteiger partial charge on any atom is -0.355 e. The minimum atomic E-state index is -0.307. The van der Waals surface area contributed by atoms with Gasteiger partial charge in [0.25, 0.3) is 0 Å². The van der Waals surface area contributed by atoms with Gasteiger partial charge in [0, 0.05) is 17.6 Å². The number of hydrogen-bond acceptors (Lipinski definition) is 5. The van der Waals surface area contributed by atoms with Crippen molar-refractivity contribution < 1.29 is 4.79 Å². The molecule has 1 unspecified atom stereocenters. The fraction of sp³-hybridized carbons (Fsp3) is 0.267. The van der Waals surface area contributed by atoms with Crippen molar-refractivity contribution >= 4 is 57.9 Å². The van der Waals surface area contributed by atoms with Crippen LogP contribution in [0.1, 0.15) is 11.8 Å². The van der Waals surface area contributed by atoms with Crippen LogP contribution in [0.4, 0.5) is 0 Å². The third-order valence-corrected chi connectivity index (χ3v) is 5.78. The third-order valence-electron chi connectivity index (χ3n) is 3.30. The van der Waals surface area contributed by atoms with Crippen molar-refractivity contribution in [1.29, 1.82) is 0 Å². The van der Waals surface area contributed by atoms with Gasteiger partial charge in [-0.15, -0.1) is 21.5 Å². The number of amides is 1. The summed E-state index contributed by atoms with van der Waals surface area (Å²) in [4.78, 5) is 13.5. The Morgan fingerprint density at radius 2 is 2.29 bits per heavy atom. The Bertz CT molecular complexity index is 851. The summed E-state index contributed by atoms with van der Waals surface area (Å²) in [7, 11) is 0. The van der Waals surface area contributed by atoms with Crippen molar-refractivity contribution in [3.8, 4) is 0 Å². The van der Waals surface area contributed by atoms with Crippen molar-refractivity contribution in [2.24, 2.45) is 0 Å². The molecule has 3 aromatic rings. The SMILES string of the molecule is CC(Sc1nnc2c(Cl)cc(Cl)cn12)C(=O)NCCc1cccs1. The first-order valence-corrected chi connectivity index (χ1v) is 9.72. The maximum absolute atomic E-state index is 12.2. The first kappa shape index (κ1) is 17.5. The van der Waals surface area contributed by atoms with Crippen molar-refractivity contribution in [2.75, 3.05) is 6.54 Å². The fourth-order valence-electron chi connectivity index (χ4n) is 2.10. The topological polar surface area (TPSA) is 59.3 Å². The molecule has 5 nitrogen and oxygen atoms in total. The highest BCUT2D eigenvalue weighted by atomic mass is 35.5. The molecular formula is C15H14Cl2N4OS2. The van der Waals surface area contributed by atoms with Crippen LogP contribution in [-0.2, 0) is 11.2 Å². The molecule has 0 fully saturated rings. The van der Waals surface area contributed by atoms with Crippen LogP contribution in [0.3, 0.4) is 0 Å². The van der Waals surface area contributed by atoms with Gasteiger partial charge in [0.05, 0.1) is 15.3 Å². The summed E-state index contributed by atoms with van der Waals surface area (Å²) >= 11 is 15.1. The Balaban J connectivity index is 1.61. The molecule has 126 valence electrons. The van der Waals surface area contributed by atoms with E-state index in [0.29, 0.717) is 27.4 Å². The Labute approximate surface area is 157 Å². The summed E-state index contributed by atoms with van der Waals surface area (Å²) < 4.78 is 1.70. The Morgan fingerprint density at radius 1 is 1.46 bits per heavy atom. The largest absolute Gasteiger partial charge is 0.355 e. The number of fused-ring (bicyclic) bond motifs is 1. The maximum atomic E-state index is 12.2. The number of carbonyl (C=O) groups excluding carboxylic acids is 1. The molecule has 1 amide bonds. The van der Waals surface area contributed by atoms with Crippen LogP contribution in [0.5, 0.6) is 0 Å². The van der Waals surface area contributed by atoms with Crippen LogP contribution in [0.25, 0.3) is 5.65 Å². The lowest BCUT2D eigenvalue weighted by atomic mass is 10.3. The standard InChI is InChI=1S/C15H14Cl2N4OS2/c1-9(14(22)18-5-4-11-3-2-6-23-11)24-15-20-19-13-12(17)7-10(16)8-21(13)15/h2-3,6-9H,4-5H2,1H3,(H,18,22). The quantitative estimate of drug-likeness (QED) is 0.636. The molecule has 3 heterocycles. The van der Waals surface area contributed by atoms with E-state index in [9.17, 15) is 4.79 Å². The van der Waals surface area contributed by atoms with Crippen LogP contribution >= 0.6 is 46.3 Å². The molecule has 0 spiro atoms. The highest BCUT2D eigenvalue weighted by molar-refractivity contribution is 8.00. The van der Waals surface area contributed by atoms with Gasteiger partial charge in [-0.05, 0) is 30.9 Å². The van der Waals surface area contributed by atoms with Gasteiger partial charge in [0.1, 0.15) is 0 Å². The van der Waals surface area contributed by atoms with Crippen LogP contribution < -0.4 is 5.32 Å². The van der Waals surface area contributed by atoms with Crippen molar-refractivity contribution in [3.05, 3.63) is 44.7 Å². The van der Waals surface area contributed by atoms with Gasteiger partial charge in [-0.3, -0.25) is 9.20 Å². The van der Waals surface area contributed by atoms with Crippen molar-refractivity contribution in [1.82, 2.24) is 19.9 Å². The second kappa shape index (κ2) is 7.74. The number of carbonyl (C=O) groups is 1. The fourth-order valence-corrected chi connectivity index (χ4v) is 4.17. The van der Waals surface area contributed by atoms with E-state index in [-0.39, 0.29) is 11.2 Å². The number of hydrogen-bond donors (Lipinski definition) is 1. The molecule has 0 saturated carbocycles. The number of aromatic nitrogens is 3. The Morgan fingerprint density at radius 3 is 3.04 bits per heavy atom. The van der Waals surface area contributed by atoms with E-state index in [4.69, 9.17) is 23.2 Å². The monoisotopic (exact) mass is 400 g/mol. The molecule has 0 aliphatic heterocycles. The number of rotatable bonds is 6. The molecule has 0 bridgehead atoms. The van der Waals surface area contributed by atoms with Gasteiger partial charge in [-0.1, -0.05) is 41.0 Å². The molecule has 0 radical (unpaired) electrons. The lowest BCUT2D eigenvalue weighted by Gasteiger charge is -2.10. The highest BCUT2D eigenvalue weighted by Gasteiger charge is 2.18. The first-order chi connectivity index (χ1) is 11.5. The molecular weight excluding hydrogens is 387 g/mol. The number of pyridine rings is 1. The number of nitrogens with zero attached hydrogens (tertiary/aromatic N) is 3. The van der Waals surface area contributed by atoms with Gasteiger partial charge in [-0.2, -0.15) is 0 Å². The van der Waals surface area contributed by atoms with Crippen molar-refractivity contribution in [3.63, 3.8) is 0 Å². The first-order valence-electron chi connectivity index (χ1n) is 7.21. The zero-order valence-electron chi connectivity index (χ0n) is 12.7. The molecule has 3 rings (SSSR count). The van der Waals surface area contributed by atoms with E-state index < -0.39 is 0 Å². The van der Waals surface area contributed by atoms with Crippen LogP contribution in [-0.4, -0.2) is 32.3 Å². The summed E-state index contributed by atoms with van der Waals surface area (Å²) in [5, 5.41) is 14.3. The Hall–Kier alpha value is -1.28. The average Bonchev–Trinajstić information content (AvgIpc) is 3.17. The lowest BCUT2D eigenvalue weighted by molar-refractivity contribution is -0.120. The smallest absolute Gasteiger partial charge is 0.233 e. The molecule has 9 heteroatoms. The zero-order chi connectivity index (χ0) is 17.1. The van der Waals surface area contributed by atoms with Crippen molar-refractivity contribution in [2.45, 2.75) is 23.8 Å². The summed E-state index contributed by atoms with van der Waals surface area (Å²) in [6.07, 6.45) is 2.52. The molecule has 0 saturated heterocycles. The predicted molar refractivity (Wildman–Crippen MR) is 99.4 cm³/mol. The van der Waals surface area contributed by atoms with Crippen LogP contribution in [0, 0.1) is 0 Å². The van der Waals surface area contributed by atoms with Gasteiger partial charge in [0.2, 0.25) is 5.91 Å². The average molecular weight is 401 g/mol. The summed E-state index contributed by atoms with van der Waals surface area (Å²) in [5.74, 6) is -0.0403. The van der Waals surface area contributed by atoms with E-state index in [0.717, 1.165) is 6.42 Å². The van der Waals surface area contributed by atoms with Gasteiger partial charge >= 0.3 is 0 Å². The van der Waals surface area contributed by atoms with Crippen LogP contribution in [0.15, 0.2) is 34.9 Å². The van der Waals surface area contributed by atoms with E-state index in [1.165, 1.54) is 16.6 Å². The number of thiophene rings is 1. The summed E-state index contributed by atoms with van der Waals surface area (Å²) in [6, 6.07) is 5.68. The van der Waals surface area contributed by atoms with Gasteiger partial charge in [0.15, 0.2) is 10.8 Å². The molecule has 3 aromatic heterocycles. The summed E-state index contributed by atoms with van der Waals surface area (Å²) in [5.41, 5.74) is 0.522. The Kier molecular flexibility index (Phi) is 5.65. The molecule has 24 heavy (non-hydrogen) atoms. The lowest BCUT2D eigenvalue weighted by Crippen LogP contribution is -2.32. The van der Waals surface area contributed by atoms with Gasteiger partial charge in [-0.25, -0.2) is 0 Å². The normalized spacial score (nSPS) is 12.5. The minimum absolute atomic E-state index is 0.0403. The van der Waals surface area contributed by atoms with E-state index in [1.54, 1.807) is 28.0 Å². The second-order valence-corrected chi connectivity index (χ2v) is 8.25. The number of halogens is 2. The van der Waals surface area contributed by atoms with Crippen LogP contribution in [0.2, 0.25) is 10.0 Å².